The fourth-order valence-electron chi connectivity index (χ4n) is 2.45. The third-order valence-corrected chi connectivity index (χ3v) is 3.56. The molecule has 1 saturated heterocycles. The van der Waals surface area contributed by atoms with Crippen molar-refractivity contribution in [3.05, 3.63) is 24.2 Å². The lowest BCUT2D eigenvalue weighted by atomic mass is 10.1. The van der Waals surface area contributed by atoms with E-state index in [2.05, 4.69) is 11.8 Å². The maximum atomic E-state index is 10.7. The highest BCUT2D eigenvalue weighted by Gasteiger charge is 2.21. The third-order valence-electron chi connectivity index (χ3n) is 3.56. The minimum absolute atomic E-state index is 0.147. The van der Waals surface area contributed by atoms with Gasteiger partial charge in [-0.3, -0.25) is 14.6 Å². The van der Waals surface area contributed by atoms with Gasteiger partial charge in [0.05, 0.1) is 19.1 Å². The van der Waals surface area contributed by atoms with Crippen LogP contribution in [0.15, 0.2) is 23.0 Å². The van der Waals surface area contributed by atoms with Crippen LogP contribution in [0.25, 0.3) is 0 Å². The number of hydrogen-bond donors (Lipinski definition) is 1. The first-order valence-electron chi connectivity index (χ1n) is 6.37. The molecule has 0 spiro atoms. The van der Waals surface area contributed by atoms with Crippen LogP contribution in [-0.4, -0.2) is 53.6 Å². The molecule has 1 aliphatic rings. The second-order valence-electron chi connectivity index (χ2n) is 4.79. The lowest BCUT2D eigenvalue weighted by Crippen LogP contribution is -2.34. The van der Waals surface area contributed by atoms with E-state index in [4.69, 9.17) is 9.52 Å². The largest absolute Gasteiger partial charge is 0.480 e. The Morgan fingerprint density at radius 2 is 2.28 bits per heavy atom. The van der Waals surface area contributed by atoms with Gasteiger partial charge in [0.1, 0.15) is 0 Å². The summed E-state index contributed by atoms with van der Waals surface area (Å²) in [6.45, 7) is 5.89. The van der Waals surface area contributed by atoms with Crippen LogP contribution in [0.2, 0.25) is 0 Å². The standard InChI is InChI=1S/C13H20N2O3/c1-11(12-3-8-18-10-12)15-5-2-4-14(6-7-15)9-13(16)17/h3,8,10-11H,2,4-7,9H2,1H3,(H,16,17). The molecule has 0 radical (unpaired) electrons. The van der Waals surface area contributed by atoms with Gasteiger partial charge in [0, 0.05) is 37.8 Å². The Morgan fingerprint density at radius 1 is 1.44 bits per heavy atom. The topological polar surface area (TPSA) is 56.9 Å². The summed E-state index contributed by atoms with van der Waals surface area (Å²) in [4.78, 5) is 15.1. The van der Waals surface area contributed by atoms with Crippen molar-refractivity contribution in [2.75, 3.05) is 32.7 Å². The minimum Gasteiger partial charge on any atom is -0.480 e. The van der Waals surface area contributed by atoms with E-state index in [1.807, 2.05) is 11.0 Å². The van der Waals surface area contributed by atoms with Crippen LogP contribution in [0.5, 0.6) is 0 Å². The van der Waals surface area contributed by atoms with Crippen LogP contribution < -0.4 is 0 Å². The number of hydrogen-bond acceptors (Lipinski definition) is 4. The normalized spacial score (nSPS) is 20.5. The van der Waals surface area contributed by atoms with Crippen molar-refractivity contribution < 1.29 is 14.3 Å². The molecule has 1 atom stereocenters. The van der Waals surface area contributed by atoms with Gasteiger partial charge in [0.2, 0.25) is 0 Å². The molecule has 0 bridgehead atoms. The van der Waals surface area contributed by atoms with Crippen LogP contribution in [0, 0.1) is 0 Å². The van der Waals surface area contributed by atoms with E-state index >= 15 is 0 Å². The van der Waals surface area contributed by atoms with Gasteiger partial charge >= 0.3 is 5.97 Å². The van der Waals surface area contributed by atoms with Crippen LogP contribution in [-0.2, 0) is 4.79 Å². The predicted octanol–water partition coefficient (Wildman–Crippen LogP) is 1.43. The summed E-state index contributed by atoms with van der Waals surface area (Å²) in [5.41, 5.74) is 1.18. The van der Waals surface area contributed by atoms with Crippen LogP contribution in [0.1, 0.15) is 24.9 Å². The quantitative estimate of drug-likeness (QED) is 0.878. The third kappa shape index (κ3) is 3.34. The van der Waals surface area contributed by atoms with E-state index in [0.29, 0.717) is 6.04 Å². The van der Waals surface area contributed by atoms with Crippen molar-refractivity contribution >= 4 is 5.97 Å². The van der Waals surface area contributed by atoms with Crippen molar-refractivity contribution in [3.8, 4) is 0 Å². The molecule has 0 amide bonds. The summed E-state index contributed by atoms with van der Waals surface area (Å²) in [6, 6.07) is 2.32. The fraction of sp³-hybridized carbons (Fsp3) is 0.615. The molecule has 1 aliphatic heterocycles. The highest BCUT2D eigenvalue weighted by atomic mass is 16.4. The van der Waals surface area contributed by atoms with E-state index < -0.39 is 5.97 Å². The molecule has 1 N–H and O–H groups in total. The Labute approximate surface area is 107 Å². The number of carbonyl (C=O) groups is 1. The number of rotatable bonds is 4. The molecule has 0 aliphatic carbocycles. The van der Waals surface area contributed by atoms with Gasteiger partial charge in [-0.05, 0) is 19.4 Å². The van der Waals surface area contributed by atoms with Crippen molar-refractivity contribution in [1.29, 1.82) is 0 Å². The summed E-state index contributed by atoms with van der Waals surface area (Å²) >= 11 is 0. The molecular weight excluding hydrogens is 232 g/mol. The van der Waals surface area contributed by atoms with E-state index in [0.717, 1.165) is 32.6 Å². The second-order valence-corrected chi connectivity index (χ2v) is 4.79. The minimum atomic E-state index is -0.744. The molecule has 1 aromatic rings. The second kappa shape index (κ2) is 6.02. The molecular formula is C13H20N2O3. The molecule has 0 aromatic carbocycles. The van der Waals surface area contributed by atoms with Crippen LogP contribution in [0.4, 0.5) is 0 Å². The monoisotopic (exact) mass is 252 g/mol. The Balaban J connectivity index is 1.90. The van der Waals surface area contributed by atoms with Gasteiger partial charge in [-0.15, -0.1) is 0 Å². The van der Waals surface area contributed by atoms with Crippen molar-refractivity contribution in [2.45, 2.75) is 19.4 Å². The van der Waals surface area contributed by atoms with Gasteiger partial charge < -0.3 is 9.52 Å². The zero-order valence-corrected chi connectivity index (χ0v) is 10.7. The molecule has 18 heavy (non-hydrogen) atoms. The molecule has 2 heterocycles. The first-order valence-corrected chi connectivity index (χ1v) is 6.37. The van der Waals surface area contributed by atoms with Gasteiger partial charge in [0.15, 0.2) is 0 Å². The summed E-state index contributed by atoms with van der Waals surface area (Å²) in [6.07, 6.45) is 4.49. The zero-order valence-electron chi connectivity index (χ0n) is 10.7. The number of carboxylic acid groups (broad SMARTS) is 1. The molecule has 1 unspecified atom stereocenters. The van der Waals surface area contributed by atoms with Crippen LogP contribution in [0.3, 0.4) is 0 Å². The zero-order chi connectivity index (χ0) is 13.0. The molecule has 100 valence electrons. The fourth-order valence-corrected chi connectivity index (χ4v) is 2.45. The first kappa shape index (κ1) is 13.1. The number of nitrogens with zero attached hydrogens (tertiary/aromatic N) is 2. The van der Waals surface area contributed by atoms with Gasteiger partial charge in [0.25, 0.3) is 0 Å². The van der Waals surface area contributed by atoms with E-state index in [1.165, 1.54) is 5.56 Å². The maximum Gasteiger partial charge on any atom is 0.317 e. The Kier molecular flexibility index (Phi) is 4.38. The Bertz CT molecular complexity index is 378. The first-order chi connectivity index (χ1) is 8.66. The van der Waals surface area contributed by atoms with Crippen molar-refractivity contribution in [2.24, 2.45) is 0 Å². The number of furan rings is 1. The number of aliphatic carboxylic acids is 1. The molecule has 2 rings (SSSR count). The summed E-state index contributed by atoms with van der Waals surface area (Å²) in [5.74, 6) is -0.744. The highest BCUT2D eigenvalue weighted by Crippen LogP contribution is 2.21. The average Bonchev–Trinajstić information content (AvgIpc) is 2.76. The lowest BCUT2D eigenvalue weighted by Gasteiger charge is -2.26. The molecule has 5 nitrogen and oxygen atoms in total. The van der Waals surface area contributed by atoms with Crippen molar-refractivity contribution in [1.82, 2.24) is 9.80 Å². The van der Waals surface area contributed by atoms with Gasteiger partial charge in [-0.1, -0.05) is 0 Å². The highest BCUT2D eigenvalue weighted by molar-refractivity contribution is 5.69. The Morgan fingerprint density at radius 3 is 2.94 bits per heavy atom. The molecule has 0 saturated carbocycles. The predicted molar refractivity (Wildman–Crippen MR) is 67.4 cm³/mol. The average molecular weight is 252 g/mol. The van der Waals surface area contributed by atoms with Crippen LogP contribution >= 0.6 is 0 Å². The summed E-state index contributed by atoms with van der Waals surface area (Å²) < 4.78 is 5.12. The molecule has 1 fully saturated rings. The summed E-state index contributed by atoms with van der Waals surface area (Å²) in [5, 5.41) is 8.82. The lowest BCUT2D eigenvalue weighted by molar-refractivity contribution is -0.138. The van der Waals surface area contributed by atoms with Gasteiger partial charge in [-0.2, -0.15) is 0 Å². The molecule has 1 aromatic heterocycles. The van der Waals surface area contributed by atoms with Crippen molar-refractivity contribution in [3.63, 3.8) is 0 Å². The van der Waals surface area contributed by atoms with Gasteiger partial charge in [-0.25, -0.2) is 0 Å². The SMILES string of the molecule is CC(c1ccoc1)N1CCCN(CC(=O)O)CC1. The maximum absolute atomic E-state index is 10.7. The van der Waals surface area contributed by atoms with E-state index in [1.54, 1.807) is 12.5 Å². The van der Waals surface area contributed by atoms with E-state index in [-0.39, 0.29) is 6.54 Å². The number of carboxylic acids is 1. The molecule has 5 heteroatoms. The Hall–Kier alpha value is -1.33. The summed E-state index contributed by atoms with van der Waals surface area (Å²) in [7, 11) is 0. The van der Waals surface area contributed by atoms with E-state index in [9.17, 15) is 4.79 Å². The smallest absolute Gasteiger partial charge is 0.317 e.